The van der Waals surface area contributed by atoms with Gasteiger partial charge in [0.15, 0.2) is 6.61 Å². The number of ether oxygens (including phenoxy) is 1. The average molecular weight is 395 g/mol. The highest BCUT2D eigenvalue weighted by Crippen LogP contribution is 2.31. The first-order valence-corrected chi connectivity index (χ1v) is 9.53. The molecule has 3 rings (SSSR count). The number of nitrogens with one attached hydrogen (secondary N) is 1. The minimum atomic E-state index is -0.733. The highest BCUT2D eigenvalue weighted by atomic mass is 16.5. The summed E-state index contributed by atoms with van der Waals surface area (Å²) in [7, 11) is 0. The Morgan fingerprint density at radius 3 is 2.69 bits per heavy atom. The number of nitrogens with two attached hydrogens (primary N) is 1. The molecule has 0 aliphatic carbocycles. The molecule has 0 radical (unpaired) electrons. The van der Waals surface area contributed by atoms with E-state index in [2.05, 4.69) is 5.32 Å². The second kappa shape index (κ2) is 8.77. The number of primary amides is 1. The van der Waals surface area contributed by atoms with E-state index < -0.39 is 18.0 Å². The number of para-hydroxylation sites is 1. The molecule has 1 heterocycles. The molecule has 29 heavy (non-hydrogen) atoms. The lowest BCUT2D eigenvalue weighted by Gasteiger charge is -2.23. The van der Waals surface area contributed by atoms with Crippen molar-refractivity contribution in [2.75, 3.05) is 11.5 Å². The molecule has 152 valence electrons. The molecule has 0 saturated heterocycles. The molecule has 2 atom stereocenters. The Morgan fingerprint density at radius 2 is 1.97 bits per heavy atom. The third kappa shape index (κ3) is 4.93. The maximum Gasteiger partial charge on any atom is 0.312 e. The van der Waals surface area contributed by atoms with Crippen LogP contribution in [0.3, 0.4) is 0 Å². The summed E-state index contributed by atoms with van der Waals surface area (Å²) in [5, 5.41) is 2.56. The topological polar surface area (TPSA) is 102 Å². The number of benzene rings is 2. The van der Waals surface area contributed by atoms with Gasteiger partial charge >= 0.3 is 12.0 Å². The van der Waals surface area contributed by atoms with Crippen LogP contribution in [0.1, 0.15) is 36.1 Å². The molecule has 3 N–H and O–H groups in total. The summed E-state index contributed by atoms with van der Waals surface area (Å²) >= 11 is 0. The molecule has 0 spiro atoms. The number of nitrogens with zero attached hydrogens (tertiary/aromatic N) is 1. The van der Waals surface area contributed by atoms with Crippen LogP contribution in [0.4, 0.5) is 10.5 Å². The maximum atomic E-state index is 12.7. The summed E-state index contributed by atoms with van der Waals surface area (Å²) in [5.41, 5.74) is 8.94. The van der Waals surface area contributed by atoms with Gasteiger partial charge in [-0.1, -0.05) is 48.0 Å². The smallest absolute Gasteiger partial charge is 0.312 e. The van der Waals surface area contributed by atoms with Crippen LogP contribution in [0, 0.1) is 6.92 Å². The van der Waals surface area contributed by atoms with Crippen LogP contribution in [-0.2, 0) is 20.7 Å². The summed E-state index contributed by atoms with van der Waals surface area (Å²) in [6, 6.07) is 13.8. The number of aryl methyl sites for hydroxylation is 1. The van der Waals surface area contributed by atoms with Crippen molar-refractivity contribution >= 4 is 23.6 Å². The van der Waals surface area contributed by atoms with Gasteiger partial charge in [-0.15, -0.1) is 0 Å². The lowest BCUT2D eigenvalue weighted by atomic mass is 10.0. The number of carbonyl (C=O) groups is 3. The molecule has 7 nitrogen and oxygen atoms in total. The quantitative estimate of drug-likeness (QED) is 0.734. The van der Waals surface area contributed by atoms with Crippen LogP contribution in [0.2, 0.25) is 0 Å². The Bertz CT molecular complexity index is 928. The molecule has 1 aliphatic rings. The van der Waals surface area contributed by atoms with Gasteiger partial charge in [0.05, 0.1) is 12.5 Å². The van der Waals surface area contributed by atoms with Crippen molar-refractivity contribution in [2.45, 2.75) is 38.8 Å². The van der Waals surface area contributed by atoms with Crippen molar-refractivity contribution in [3.05, 3.63) is 65.2 Å². The molecule has 2 aromatic rings. The fraction of sp³-hybridized carbons (Fsp3) is 0.318. The van der Waals surface area contributed by atoms with Crippen molar-refractivity contribution in [3.8, 4) is 0 Å². The maximum absolute atomic E-state index is 12.7. The first-order valence-electron chi connectivity index (χ1n) is 9.53. The molecule has 0 aromatic heterocycles. The van der Waals surface area contributed by atoms with Gasteiger partial charge in [0, 0.05) is 11.7 Å². The van der Waals surface area contributed by atoms with Crippen molar-refractivity contribution in [2.24, 2.45) is 5.73 Å². The number of fused-ring (bicyclic) bond motifs is 1. The number of amides is 3. The number of carbonyl (C=O) groups excluding carboxylic acids is 3. The fourth-order valence-corrected chi connectivity index (χ4v) is 3.69. The molecular weight excluding hydrogens is 370 g/mol. The summed E-state index contributed by atoms with van der Waals surface area (Å²) in [6.07, 6.45) is 0.652. The number of hydrogen-bond donors (Lipinski definition) is 2. The zero-order valence-corrected chi connectivity index (χ0v) is 16.6. The lowest BCUT2D eigenvalue weighted by molar-refractivity contribution is -0.148. The zero-order chi connectivity index (χ0) is 21.0. The molecular formula is C22H25N3O4. The minimum Gasteiger partial charge on any atom is -0.455 e. The second-order valence-electron chi connectivity index (χ2n) is 7.29. The summed E-state index contributed by atoms with van der Waals surface area (Å²) in [4.78, 5) is 38.0. The first kappa shape index (κ1) is 20.4. The molecule has 1 aliphatic heterocycles. The zero-order valence-electron chi connectivity index (χ0n) is 16.6. The molecule has 0 bridgehead atoms. The third-order valence-electron chi connectivity index (χ3n) is 4.96. The molecule has 3 amide bonds. The van der Waals surface area contributed by atoms with Crippen LogP contribution in [0.25, 0.3) is 0 Å². The Balaban J connectivity index is 1.62. The molecule has 0 saturated carbocycles. The standard InChI is InChI=1S/C22H25N3O4/c1-14-6-5-8-16(10-14)18(24-22(23)28)12-21(27)29-13-20(26)25-15(2)11-17-7-3-4-9-19(17)25/h3-10,15,18H,11-13H2,1-2H3,(H3,23,24,28)/t15-,18+/m1/s1. The van der Waals surface area contributed by atoms with Crippen molar-refractivity contribution in [3.63, 3.8) is 0 Å². The normalized spacial score (nSPS) is 16.1. The number of urea groups is 1. The van der Waals surface area contributed by atoms with Crippen LogP contribution < -0.4 is 16.0 Å². The van der Waals surface area contributed by atoms with Gasteiger partial charge in [0.2, 0.25) is 0 Å². The van der Waals surface area contributed by atoms with Crippen molar-refractivity contribution < 1.29 is 19.1 Å². The first-order chi connectivity index (χ1) is 13.8. The lowest BCUT2D eigenvalue weighted by Crippen LogP contribution is -2.39. The van der Waals surface area contributed by atoms with Gasteiger partial charge in [-0.25, -0.2) is 4.79 Å². The number of hydrogen-bond acceptors (Lipinski definition) is 4. The Morgan fingerprint density at radius 1 is 1.21 bits per heavy atom. The average Bonchev–Trinajstić information content (AvgIpc) is 3.01. The fourth-order valence-electron chi connectivity index (χ4n) is 3.69. The minimum absolute atomic E-state index is 0.00942. The number of rotatable bonds is 6. The molecule has 0 fully saturated rings. The van der Waals surface area contributed by atoms with Crippen LogP contribution in [0.15, 0.2) is 48.5 Å². The van der Waals surface area contributed by atoms with E-state index in [0.717, 1.165) is 28.8 Å². The highest BCUT2D eigenvalue weighted by Gasteiger charge is 2.31. The monoisotopic (exact) mass is 395 g/mol. The summed E-state index contributed by atoms with van der Waals surface area (Å²) in [5.74, 6) is -0.857. The molecule has 2 aromatic carbocycles. The number of esters is 1. The van der Waals surface area contributed by atoms with Crippen LogP contribution >= 0.6 is 0 Å². The Hall–Kier alpha value is -3.35. The van der Waals surface area contributed by atoms with Gasteiger partial charge in [-0.3, -0.25) is 9.59 Å². The van der Waals surface area contributed by atoms with E-state index in [4.69, 9.17) is 10.5 Å². The van der Waals surface area contributed by atoms with Gasteiger partial charge in [0.25, 0.3) is 5.91 Å². The largest absolute Gasteiger partial charge is 0.455 e. The third-order valence-corrected chi connectivity index (χ3v) is 4.96. The van der Waals surface area contributed by atoms with Crippen molar-refractivity contribution in [1.29, 1.82) is 0 Å². The highest BCUT2D eigenvalue weighted by molar-refractivity contribution is 5.97. The van der Waals surface area contributed by atoms with E-state index in [-0.39, 0.29) is 25.0 Å². The predicted octanol–water partition coefficient (Wildman–Crippen LogP) is 2.62. The van der Waals surface area contributed by atoms with E-state index in [1.54, 1.807) is 11.0 Å². The van der Waals surface area contributed by atoms with Crippen LogP contribution in [-0.4, -0.2) is 30.6 Å². The van der Waals surface area contributed by atoms with Crippen LogP contribution in [0.5, 0.6) is 0 Å². The van der Waals surface area contributed by atoms with Crippen molar-refractivity contribution in [1.82, 2.24) is 5.32 Å². The number of anilines is 1. The predicted molar refractivity (Wildman–Crippen MR) is 109 cm³/mol. The van der Waals surface area contributed by atoms with Gasteiger partial charge < -0.3 is 20.7 Å². The van der Waals surface area contributed by atoms with E-state index >= 15 is 0 Å². The molecule has 7 heteroatoms. The Kier molecular flexibility index (Phi) is 6.16. The van der Waals surface area contributed by atoms with E-state index in [1.165, 1.54) is 0 Å². The van der Waals surface area contributed by atoms with E-state index in [0.29, 0.717) is 0 Å². The summed E-state index contributed by atoms with van der Waals surface area (Å²) < 4.78 is 5.22. The van der Waals surface area contributed by atoms with Gasteiger partial charge in [-0.2, -0.15) is 0 Å². The van der Waals surface area contributed by atoms with Gasteiger partial charge in [0.1, 0.15) is 0 Å². The Labute approximate surface area is 169 Å². The van der Waals surface area contributed by atoms with E-state index in [9.17, 15) is 14.4 Å². The SMILES string of the molecule is Cc1cccc([C@H](CC(=O)OCC(=O)N2c3ccccc3C[C@H]2C)NC(N)=O)c1. The van der Waals surface area contributed by atoms with E-state index in [1.807, 2.05) is 56.3 Å². The molecule has 0 unspecified atom stereocenters. The van der Waals surface area contributed by atoms with Gasteiger partial charge in [-0.05, 0) is 37.5 Å². The summed E-state index contributed by atoms with van der Waals surface area (Å²) in [6.45, 7) is 3.52. The second-order valence-corrected chi connectivity index (χ2v) is 7.29.